The number of pyridine rings is 1. The first-order valence-electron chi connectivity index (χ1n) is 9.64. The van der Waals surface area contributed by atoms with Crippen molar-refractivity contribution in [3.05, 3.63) is 45.0 Å². The summed E-state index contributed by atoms with van der Waals surface area (Å²) in [5, 5.41) is 18.7. The van der Waals surface area contributed by atoms with Gasteiger partial charge in [-0.15, -0.1) is 0 Å². The third kappa shape index (κ3) is 3.07. The number of hydrogen-bond donors (Lipinski definition) is 2. The van der Waals surface area contributed by atoms with Gasteiger partial charge in [0.05, 0.1) is 23.6 Å². The molecule has 1 fully saturated rings. The van der Waals surface area contributed by atoms with E-state index in [1.54, 1.807) is 4.57 Å². The molecule has 1 unspecified atom stereocenters. The summed E-state index contributed by atoms with van der Waals surface area (Å²) in [6, 6.07) is 0.940. The predicted molar refractivity (Wildman–Crippen MR) is 107 cm³/mol. The number of benzene rings is 1. The van der Waals surface area contributed by atoms with Crippen molar-refractivity contribution in [1.29, 1.82) is 0 Å². The van der Waals surface area contributed by atoms with Crippen molar-refractivity contribution >= 4 is 22.6 Å². The summed E-state index contributed by atoms with van der Waals surface area (Å²) in [5.41, 5.74) is 1.78. The Labute approximate surface area is 166 Å². The second-order valence-electron chi connectivity index (χ2n) is 7.71. The molecule has 29 heavy (non-hydrogen) atoms. The van der Waals surface area contributed by atoms with Crippen LogP contribution in [0.25, 0.3) is 10.9 Å². The summed E-state index contributed by atoms with van der Waals surface area (Å²) < 4.78 is 22.8. The molecular weight excluding hydrogens is 379 g/mol. The number of aromatic nitrogens is 1. The molecule has 7 nitrogen and oxygen atoms in total. The molecule has 0 saturated carbocycles. The number of carboxylic acid groups (broad SMARTS) is 1. The summed E-state index contributed by atoms with van der Waals surface area (Å²) >= 11 is 0. The number of ether oxygens (including phenoxy) is 1. The van der Waals surface area contributed by atoms with Gasteiger partial charge in [0.1, 0.15) is 17.9 Å². The van der Waals surface area contributed by atoms with E-state index >= 15 is 4.39 Å². The Morgan fingerprint density at radius 2 is 2.03 bits per heavy atom. The summed E-state index contributed by atoms with van der Waals surface area (Å²) in [4.78, 5) is 26.0. The Morgan fingerprint density at radius 1 is 1.34 bits per heavy atom. The maximum Gasteiger partial charge on any atom is 0.341 e. The molecule has 0 radical (unpaired) electrons. The first kappa shape index (κ1) is 19.4. The van der Waals surface area contributed by atoms with Crippen LogP contribution in [0.1, 0.15) is 43.1 Å². The molecule has 4 rings (SSSR count). The van der Waals surface area contributed by atoms with E-state index in [1.807, 2.05) is 18.7 Å². The standard InChI is InChI=1S/C21H23FN2O5/c1-11(9-25)13-3-5-23(6-4-13)18-16(22)7-14-17-20(18)29-10-12(2)24(17)8-15(19(14)26)21(27)28/h7-8,12,25H,3-6,9-10H2,1-2H3,(H,27,28). The molecule has 1 aromatic carbocycles. The van der Waals surface area contributed by atoms with Crippen LogP contribution in [0.2, 0.25) is 0 Å². The molecule has 0 bridgehead atoms. The third-order valence-corrected chi connectivity index (χ3v) is 5.90. The lowest BCUT2D eigenvalue weighted by Crippen LogP contribution is -2.34. The Hall–Kier alpha value is -2.87. The largest absolute Gasteiger partial charge is 0.487 e. The maximum absolute atomic E-state index is 15.2. The highest BCUT2D eigenvalue weighted by molar-refractivity contribution is 5.97. The van der Waals surface area contributed by atoms with Gasteiger partial charge in [-0.2, -0.15) is 0 Å². The van der Waals surface area contributed by atoms with Gasteiger partial charge >= 0.3 is 5.97 Å². The summed E-state index contributed by atoms with van der Waals surface area (Å²) in [5.74, 6) is -1.64. The van der Waals surface area contributed by atoms with Crippen molar-refractivity contribution in [3.63, 3.8) is 0 Å². The molecule has 0 aliphatic carbocycles. The van der Waals surface area contributed by atoms with E-state index in [0.29, 0.717) is 42.9 Å². The fraction of sp³-hybridized carbons (Fsp3) is 0.429. The van der Waals surface area contributed by atoms with E-state index in [4.69, 9.17) is 4.74 Å². The van der Waals surface area contributed by atoms with Gasteiger partial charge in [0, 0.05) is 19.3 Å². The number of aromatic carboxylic acids is 1. The number of anilines is 1. The molecule has 2 aliphatic heterocycles. The van der Waals surface area contributed by atoms with Crippen LogP contribution < -0.4 is 15.1 Å². The third-order valence-electron chi connectivity index (χ3n) is 5.90. The van der Waals surface area contributed by atoms with Crippen molar-refractivity contribution in [2.45, 2.75) is 32.7 Å². The van der Waals surface area contributed by atoms with Gasteiger partial charge < -0.3 is 24.4 Å². The fourth-order valence-corrected chi connectivity index (χ4v) is 4.20. The van der Waals surface area contributed by atoms with Crippen LogP contribution >= 0.6 is 0 Å². The minimum atomic E-state index is -1.33. The number of rotatable bonds is 3. The van der Waals surface area contributed by atoms with Crippen LogP contribution in [0.5, 0.6) is 5.75 Å². The maximum atomic E-state index is 15.2. The van der Waals surface area contributed by atoms with Crippen molar-refractivity contribution in [2.24, 2.45) is 0 Å². The van der Waals surface area contributed by atoms with Crippen LogP contribution in [0.15, 0.2) is 28.2 Å². The van der Waals surface area contributed by atoms with Gasteiger partial charge in [-0.3, -0.25) is 4.79 Å². The molecule has 3 heterocycles. The first-order valence-corrected chi connectivity index (χ1v) is 9.64. The highest BCUT2D eigenvalue weighted by Gasteiger charge is 2.31. The molecule has 1 saturated heterocycles. The summed E-state index contributed by atoms with van der Waals surface area (Å²) in [7, 11) is 0. The first-order chi connectivity index (χ1) is 13.8. The SMILES string of the molecule is CC(CO)=C1CCN(c2c(F)cc3c(=O)c(C(=O)O)cn4c3c2OCC4C)CC1. The van der Waals surface area contributed by atoms with Crippen LogP contribution in [-0.4, -0.2) is 47.1 Å². The van der Waals surface area contributed by atoms with Gasteiger partial charge in [-0.1, -0.05) is 5.57 Å². The summed E-state index contributed by atoms with van der Waals surface area (Å²) in [6.07, 6.45) is 2.75. The lowest BCUT2D eigenvalue weighted by atomic mass is 9.98. The van der Waals surface area contributed by atoms with Gasteiger partial charge in [0.25, 0.3) is 0 Å². The number of aliphatic hydroxyl groups excluding tert-OH is 1. The van der Waals surface area contributed by atoms with E-state index in [9.17, 15) is 19.8 Å². The zero-order valence-corrected chi connectivity index (χ0v) is 16.4. The average Bonchev–Trinajstić information content (AvgIpc) is 2.71. The Bertz CT molecular complexity index is 1090. The zero-order valence-electron chi connectivity index (χ0n) is 16.4. The highest BCUT2D eigenvalue weighted by atomic mass is 19.1. The molecule has 2 N–H and O–H groups in total. The summed E-state index contributed by atoms with van der Waals surface area (Å²) in [6.45, 7) is 5.16. The number of hydrogen-bond acceptors (Lipinski definition) is 5. The van der Waals surface area contributed by atoms with Crippen molar-refractivity contribution in [3.8, 4) is 5.75 Å². The Morgan fingerprint density at radius 3 is 2.66 bits per heavy atom. The molecule has 0 amide bonds. The quantitative estimate of drug-likeness (QED) is 0.767. The van der Waals surface area contributed by atoms with Gasteiger partial charge in [-0.25, -0.2) is 9.18 Å². The van der Waals surface area contributed by atoms with Gasteiger partial charge in [0.15, 0.2) is 11.6 Å². The number of aliphatic hydroxyl groups is 1. The Balaban J connectivity index is 1.88. The number of halogens is 1. The topological polar surface area (TPSA) is 92.0 Å². The van der Waals surface area contributed by atoms with E-state index in [0.717, 1.165) is 11.6 Å². The lowest BCUT2D eigenvalue weighted by Gasteiger charge is -2.35. The second-order valence-corrected chi connectivity index (χ2v) is 7.71. The molecule has 2 aromatic rings. The molecule has 2 aliphatic rings. The molecule has 154 valence electrons. The number of carboxylic acids is 1. The van der Waals surface area contributed by atoms with Crippen LogP contribution in [-0.2, 0) is 0 Å². The van der Waals surface area contributed by atoms with Crippen molar-refractivity contribution < 1.29 is 24.1 Å². The van der Waals surface area contributed by atoms with Gasteiger partial charge in [-0.05, 0) is 38.3 Å². The highest BCUT2D eigenvalue weighted by Crippen LogP contribution is 2.42. The minimum absolute atomic E-state index is 0.0152. The fourth-order valence-electron chi connectivity index (χ4n) is 4.20. The van der Waals surface area contributed by atoms with E-state index < -0.39 is 17.2 Å². The number of nitrogens with zero attached hydrogens (tertiary/aromatic N) is 2. The van der Waals surface area contributed by atoms with E-state index in [1.165, 1.54) is 11.8 Å². The molecule has 8 heteroatoms. The van der Waals surface area contributed by atoms with Crippen LogP contribution in [0, 0.1) is 5.82 Å². The molecule has 1 aromatic heterocycles. The Kier molecular flexibility index (Phi) is 4.82. The normalized spacial score (nSPS) is 18.7. The second kappa shape index (κ2) is 7.18. The average molecular weight is 402 g/mol. The molecular formula is C21H23FN2O5. The number of carbonyl (C=O) groups is 1. The van der Waals surface area contributed by atoms with Crippen LogP contribution in [0.4, 0.5) is 10.1 Å². The monoisotopic (exact) mass is 402 g/mol. The smallest absolute Gasteiger partial charge is 0.341 e. The van der Waals surface area contributed by atoms with Crippen molar-refractivity contribution in [1.82, 2.24) is 4.57 Å². The van der Waals surface area contributed by atoms with Crippen LogP contribution in [0.3, 0.4) is 0 Å². The van der Waals surface area contributed by atoms with E-state index in [2.05, 4.69) is 0 Å². The minimum Gasteiger partial charge on any atom is -0.487 e. The number of piperidine rings is 1. The predicted octanol–water partition coefficient (Wildman–Crippen LogP) is 2.70. The molecule has 0 spiro atoms. The van der Waals surface area contributed by atoms with Gasteiger partial charge in [0.2, 0.25) is 5.43 Å². The zero-order chi connectivity index (χ0) is 20.9. The molecule has 1 atom stereocenters. The van der Waals surface area contributed by atoms with E-state index in [-0.39, 0.29) is 30.2 Å². The van der Waals surface area contributed by atoms with Crippen molar-refractivity contribution in [2.75, 3.05) is 31.2 Å². The lowest BCUT2D eigenvalue weighted by molar-refractivity contribution is 0.0694.